The number of carbonyl (C=O) groups excluding carboxylic acids is 1. The van der Waals surface area contributed by atoms with Crippen LogP contribution in [0.25, 0.3) is 0 Å². The number of nitrogens with one attached hydrogen (secondary N) is 1. The van der Waals surface area contributed by atoms with Gasteiger partial charge in [0.05, 0.1) is 5.75 Å². The quantitative estimate of drug-likeness (QED) is 0.841. The van der Waals surface area contributed by atoms with Gasteiger partial charge < -0.3 is 9.88 Å². The summed E-state index contributed by atoms with van der Waals surface area (Å²) in [6.45, 7) is 2.23. The first-order valence-corrected chi connectivity index (χ1v) is 9.79. The lowest BCUT2D eigenvalue weighted by Gasteiger charge is -2.59. The normalized spacial score (nSPS) is 36.2. The van der Waals surface area contributed by atoms with Crippen LogP contribution < -0.4 is 5.32 Å². The van der Waals surface area contributed by atoms with Crippen LogP contribution in [-0.4, -0.2) is 32.5 Å². The summed E-state index contributed by atoms with van der Waals surface area (Å²) in [6, 6.07) is 0.295. The van der Waals surface area contributed by atoms with Gasteiger partial charge in [-0.15, -0.1) is 10.2 Å². The van der Waals surface area contributed by atoms with Crippen molar-refractivity contribution in [1.82, 2.24) is 20.1 Å². The Kier molecular flexibility index (Phi) is 3.90. The average Bonchev–Trinajstić information content (AvgIpc) is 2.89. The molecule has 0 aliphatic heterocycles. The lowest BCUT2D eigenvalue weighted by atomic mass is 9.48. The molecule has 5 nitrogen and oxygen atoms in total. The van der Waals surface area contributed by atoms with Crippen LogP contribution in [0.1, 0.15) is 45.4 Å². The van der Waals surface area contributed by atoms with Gasteiger partial charge in [-0.1, -0.05) is 11.8 Å². The Labute approximate surface area is 142 Å². The molecule has 5 rings (SSSR count). The fourth-order valence-corrected chi connectivity index (χ4v) is 6.38. The zero-order valence-corrected chi connectivity index (χ0v) is 14.8. The molecule has 1 aromatic heterocycles. The Hall–Kier alpha value is -1.04. The van der Waals surface area contributed by atoms with Gasteiger partial charge in [0, 0.05) is 13.1 Å². The lowest BCUT2D eigenvalue weighted by molar-refractivity contribution is -0.123. The summed E-state index contributed by atoms with van der Waals surface area (Å²) in [6.07, 6.45) is 9.99. The van der Waals surface area contributed by atoms with Crippen LogP contribution in [0.5, 0.6) is 0 Å². The highest BCUT2D eigenvalue weighted by molar-refractivity contribution is 7.99. The number of hydrogen-bond donors (Lipinski definition) is 1. The van der Waals surface area contributed by atoms with Gasteiger partial charge in [-0.3, -0.25) is 4.79 Å². The van der Waals surface area contributed by atoms with Gasteiger partial charge in [0.1, 0.15) is 6.33 Å². The SMILES string of the molecule is C[C@H](NC(=O)CSc1nncn1C)C12CC3CC(CC(C3)C1)C2. The third-order valence-corrected chi connectivity index (χ3v) is 7.42. The number of amides is 1. The predicted octanol–water partition coefficient (Wildman–Crippen LogP) is 2.63. The topological polar surface area (TPSA) is 59.8 Å². The van der Waals surface area contributed by atoms with Crippen molar-refractivity contribution >= 4 is 17.7 Å². The molecule has 6 heteroatoms. The summed E-state index contributed by atoms with van der Waals surface area (Å²) in [7, 11) is 1.90. The molecule has 4 bridgehead atoms. The fourth-order valence-electron chi connectivity index (χ4n) is 5.68. The number of hydrogen-bond acceptors (Lipinski definition) is 4. The lowest BCUT2D eigenvalue weighted by Crippen LogP contribution is -2.56. The number of thioether (sulfide) groups is 1. The van der Waals surface area contributed by atoms with Gasteiger partial charge >= 0.3 is 0 Å². The van der Waals surface area contributed by atoms with Crippen LogP contribution in [0.3, 0.4) is 0 Å². The Balaban J connectivity index is 1.35. The second kappa shape index (κ2) is 5.80. The second-order valence-corrected chi connectivity index (χ2v) is 9.02. The molecule has 1 amide bonds. The first-order chi connectivity index (χ1) is 11.0. The molecule has 4 fully saturated rings. The minimum absolute atomic E-state index is 0.126. The molecule has 1 atom stereocenters. The highest BCUT2D eigenvalue weighted by atomic mass is 32.2. The smallest absolute Gasteiger partial charge is 0.230 e. The molecule has 0 aromatic carbocycles. The van der Waals surface area contributed by atoms with Crippen LogP contribution in [-0.2, 0) is 11.8 Å². The van der Waals surface area contributed by atoms with E-state index in [4.69, 9.17) is 0 Å². The fraction of sp³-hybridized carbons (Fsp3) is 0.824. The van der Waals surface area contributed by atoms with Gasteiger partial charge in [0.15, 0.2) is 5.16 Å². The molecule has 1 aromatic rings. The van der Waals surface area contributed by atoms with Gasteiger partial charge in [-0.25, -0.2) is 0 Å². The molecular weight excluding hydrogens is 308 g/mol. The van der Waals surface area contributed by atoms with Crippen LogP contribution >= 0.6 is 11.8 Å². The highest BCUT2D eigenvalue weighted by Gasteiger charge is 2.53. The Morgan fingerprint density at radius 3 is 2.48 bits per heavy atom. The van der Waals surface area contributed by atoms with Crippen molar-refractivity contribution in [1.29, 1.82) is 0 Å². The number of carbonyl (C=O) groups is 1. The number of rotatable bonds is 5. The third-order valence-electron chi connectivity index (χ3n) is 6.38. The third kappa shape index (κ3) is 2.90. The summed E-state index contributed by atoms with van der Waals surface area (Å²) in [4.78, 5) is 12.4. The van der Waals surface area contributed by atoms with Crippen molar-refractivity contribution in [2.24, 2.45) is 30.2 Å². The molecule has 4 saturated carbocycles. The molecule has 126 valence electrons. The molecule has 0 spiro atoms. The van der Waals surface area contributed by atoms with E-state index in [2.05, 4.69) is 22.4 Å². The summed E-state index contributed by atoms with van der Waals surface area (Å²) in [5.74, 6) is 3.32. The maximum absolute atomic E-state index is 12.4. The molecule has 4 aliphatic carbocycles. The Morgan fingerprint density at radius 2 is 1.96 bits per heavy atom. The minimum atomic E-state index is 0.126. The van der Waals surface area contributed by atoms with E-state index < -0.39 is 0 Å². The van der Waals surface area contributed by atoms with Crippen molar-refractivity contribution in [3.8, 4) is 0 Å². The van der Waals surface area contributed by atoms with E-state index in [1.807, 2.05) is 11.6 Å². The van der Waals surface area contributed by atoms with Crippen LogP contribution in [0.4, 0.5) is 0 Å². The maximum atomic E-state index is 12.4. The van der Waals surface area contributed by atoms with Crippen LogP contribution in [0.15, 0.2) is 11.5 Å². The minimum Gasteiger partial charge on any atom is -0.352 e. The summed E-state index contributed by atoms with van der Waals surface area (Å²) in [5, 5.41) is 12.0. The van der Waals surface area contributed by atoms with E-state index in [9.17, 15) is 4.79 Å². The largest absolute Gasteiger partial charge is 0.352 e. The van der Waals surface area contributed by atoms with E-state index >= 15 is 0 Å². The zero-order chi connectivity index (χ0) is 16.0. The van der Waals surface area contributed by atoms with Crippen molar-refractivity contribution < 1.29 is 4.79 Å². The maximum Gasteiger partial charge on any atom is 0.230 e. The second-order valence-electron chi connectivity index (χ2n) is 8.08. The average molecular weight is 334 g/mol. The van der Waals surface area contributed by atoms with Gasteiger partial charge in [-0.05, 0) is 68.6 Å². The summed E-state index contributed by atoms with van der Waals surface area (Å²) in [5.41, 5.74) is 0.375. The van der Waals surface area contributed by atoms with Crippen LogP contribution in [0, 0.1) is 23.2 Å². The monoisotopic (exact) mass is 334 g/mol. The van der Waals surface area contributed by atoms with Crippen molar-refractivity contribution in [3.63, 3.8) is 0 Å². The Bertz CT molecular complexity index is 564. The van der Waals surface area contributed by atoms with Crippen molar-refractivity contribution in [3.05, 3.63) is 6.33 Å². The Morgan fingerprint density at radius 1 is 1.35 bits per heavy atom. The molecule has 1 heterocycles. The molecule has 1 N–H and O–H groups in total. The van der Waals surface area contributed by atoms with E-state index in [0.29, 0.717) is 17.2 Å². The van der Waals surface area contributed by atoms with Gasteiger partial charge in [-0.2, -0.15) is 0 Å². The first kappa shape index (κ1) is 15.5. The molecule has 0 saturated heterocycles. The number of nitrogens with zero attached hydrogens (tertiary/aromatic N) is 3. The van der Waals surface area contributed by atoms with Gasteiger partial charge in [0.2, 0.25) is 5.91 Å². The van der Waals surface area contributed by atoms with Gasteiger partial charge in [0.25, 0.3) is 0 Å². The van der Waals surface area contributed by atoms with E-state index in [1.165, 1.54) is 50.3 Å². The zero-order valence-electron chi connectivity index (χ0n) is 14.0. The molecule has 4 aliphatic rings. The molecule has 23 heavy (non-hydrogen) atoms. The van der Waals surface area contributed by atoms with E-state index in [-0.39, 0.29) is 5.91 Å². The van der Waals surface area contributed by atoms with E-state index in [1.54, 1.807) is 6.33 Å². The van der Waals surface area contributed by atoms with Crippen molar-refractivity contribution in [2.75, 3.05) is 5.75 Å². The van der Waals surface area contributed by atoms with E-state index in [0.717, 1.165) is 22.9 Å². The standard InChI is InChI=1S/C17H26N4OS/c1-11(19-15(22)9-23-16-20-18-10-21(16)2)17-6-12-3-13(7-17)5-14(4-12)8-17/h10-14H,3-9H2,1-2H3,(H,19,22)/t11-,12?,13?,14?,17?/m0/s1. The first-order valence-electron chi connectivity index (χ1n) is 8.80. The molecular formula is C17H26N4OS. The number of aromatic nitrogens is 3. The predicted molar refractivity (Wildman–Crippen MR) is 89.9 cm³/mol. The molecule has 0 unspecified atom stereocenters. The highest BCUT2D eigenvalue weighted by Crippen LogP contribution is 2.61. The summed E-state index contributed by atoms with van der Waals surface area (Å²) < 4.78 is 1.85. The van der Waals surface area contributed by atoms with Crippen molar-refractivity contribution in [2.45, 2.75) is 56.6 Å². The summed E-state index contributed by atoms with van der Waals surface area (Å²) >= 11 is 1.46. The molecule has 0 radical (unpaired) electrons. The number of aryl methyl sites for hydroxylation is 1. The van der Waals surface area contributed by atoms with Crippen LogP contribution in [0.2, 0.25) is 0 Å².